The van der Waals surface area contributed by atoms with E-state index in [0.29, 0.717) is 13.2 Å². The predicted molar refractivity (Wildman–Crippen MR) is 80.1 cm³/mol. The molecule has 1 aliphatic heterocycles. The number of hydrogen-bond acceptors (Lipinski definition) is 4. The van der Waals surface area contributed by atoms with Crippen LogP contribution in [0.3, 0.4) is 0 Å². The molecule has 116 valence electrons. The van der Waals surface area contributed by atoms with Crippen molar-refractivity contribution in [3.05, 3.63) is 0 Å². The molecule has 3 N–H and O–H groups in total. The van der Waals surface area contributed by atoms with Gasteiger partial charge in [-0.15, -0.1) is 12.4 Å². The average molecular weight is 315 g/mol. The van der Waals surface area contributed by atoms with Crippen molar-refractivity contribution in [2.75, 3.05) is 18.9 Å². The van der Waals surface area contributed by atoms with Gasteiger partial charge >= 0.3 is 0 Å². The van der Waals surface area contributed by atoms with E-state index < -0.39 is 15.6 Å². The van der Waals surface area contributed by atoms with Crippen LogP contribution in [0, 0.1) is 0 Å². The second-order valence-corrected chi connectivity index (χ2v) is 7.01. The highest BCUT2D eigenvalue weighted by Gasteiger charge is 2.26. The smallest absolute Gasteiger partial charge is 0.214 e. The third-order valence-electron chi connectivity index (χ3n) is 3.73. The van der Waals surface area contributed by atoms with Crippen molar-refractivity contribution >= 4 is 22.4 Å². The average Bonchev–Trinajstić information content (AvgIpc) is 2.37. The molecule has 0 spiro atoms. The van der Waals surface area contributed by atoms with Crippen LogP contribution in [0.1, 0.15) is 46.0 Å². The zero-order chi connectivity index (χ0) is 13.6. The van der Waals surface area contributed by atoms with Crippen LogP contribution in [0.25, 0.3) is 0 Å². The molecule has 0 radical (unpaired) electrons. The first-order valence-electron chi connectivity index (χ1n) is 6.78. The van der Waals surface area contributed by atoms with Gasteiger partial charge in [-0.3, -0.25) is 0 Å². The molecule has 1 fully saturated rings. The Morgan fingerprint density at radius 2 is 1.95 bits per heavy atom. The Hall–Kier alpha value is 0.120. The summed E-state index contributed by atoms with van der Waals surface area (Å²) in [4.78, 5) is 0. The van der Waals surface area contributed by atoms with Crippen molar-refractivity contribution in [1.29, 1.82) is 0 Å². The first kappa shape index (κ1) is 19.1. The Balaban J connectivity index is 0.00000324. The van der Waals surface area contributed by atoms with Crippen molar-refractivity contribution in [2.45, 2.75) is 57.6 Å². The quantitative estimate of drug-likeness (QED) is 0.744. The van der Waals surface area contributed by atoms with E-state index in [1.54, 1.807) is 0 Å². The van der Waals surface area contributed by atoms with Crippen molar-refractivity contribution in [1.82, 2.24) is 4.72 Å². The summed E-state index contributed by atoms with van der Waals surface area (Å²) < 4.78 is 31.9. The first-order chi connectivity index (χ1) is 8.41. The Bertz CT molecular complexity index is 339. The lowest BCUT2D eigenvalue weighted by atomic mass is 9.95. The molecule has 0 aromatic heterocycles. The van der Waals surface area contributed by atoms with Crippen LogP contribution >= 0.6 is 12.4 Å². The summed E-state index contributed by atoms with van der Waals surface area (Å²) in [5.41, 5.74) is 5.63. The lowest BCUT2D eigenvalue weighted by Gasteiger charge is -2.28. The highest BCUT2D eigenvalue weighted by molar-refractivity contribution is 7.89. The van der Waals surface area contributed by atoms with Crippen molar-refractivity contribution < 1.29 is 13.2 Å². The van der Waals surface area contributed by atoms with Crippen LogP contribution in [0.15, 0.2) is 0 Å². The zero-order valence-corrected chi connectivity index (χ0v) is 13.5. The molecule has 1 aliphatic rings. The van der Waals surface area contributed by atoms with E-state index in [0.717, 1.165) is 32.1 Å². The Morgan fingerprint density at radius 3 is 2.42 bits per heavy atom. The minimum absolute atomic E-state index is 0. The lowest BCUT2D eigenvalue weighted by Crippen LogP contribution is -2.50. The zero-order valence-electron chi connectivity index (χ0n) is 11.9. The SMILES string of the molecule is CCC(N)(CC)CNS(=O)(=O)CC1CCCCO1.Cl. The van der Waals surface area contributed by atoms with Crippen LogP contribution in [0.2, 0.25) is 0 Å². The number of nitrogens with two attached hydrogens (primary N) is 1. The van der Waals surface area contributed by atoms with Gasteiger partial charge in [0.1, 0.15) is 0 Å². The van der Waals surface area contributed by atoms with Crippen molar-refractivity contribution in [3.8, 4) is 0 Å². The minimum atomic E-state index is -3.29. The fourth-order valence-corrected chi connectivity index (χ4v) is 3.37. The highest BCUT2D eigenvalue weighted by atomic mass is 35.5. The van der Waals surface area contributed by atoms with E-state index in [1.165, 1.54) is 0 Å². The number of hydrogen-bond donors (Lipinski definition) is 2. The first-order valence-corrected chi connectivity index (χ1v) is 8.44. The Morgan fingerprint density at radius 1 is 1.32 bits per heavy atom. The summed E-state index contributed by atoms with van der Waals surface area (Å²) in [5, 5.41) is 0. The maximum Gasteiger partial charge on any atom is 0.214 e. The van der Waals surface area contributed by atoms with Gasteiger partial charge in [0, 0.05) is 18.7 Å². The van der Waals surface area contributed by atoms with Crippen LogP contribution in [-0.2, 0) is 14.8 Å². The van der Waals surface area contributed by atoms with Gasteiger partial charge in [0.05, 0.1) is 11.9 Å². The molecule has 0 aromatic carbocycles. The van der Waals surface area contributed by atoms with Gasteiger partial charge in [0.2, 0.25) is 10.0 Å². The van der Waals surface area contributed by atoms with Crippen LogP contribution < -0.4 is 10.5 Å². The monoisotopic (exact) mass is 314 g/mol. The molecule has 5 nitrogen and oxygen atoms in total. The van der Waals surface area contributed by atoms with Gasteiger partial charge in [-0.25, -0.2) is 13.1 Å². The van der Waals surface area contributed by atoms with Gasteiger partial charge in [-0.1, -0.05) is 13.8 Å². The predicted octanol–water partition coefficient (Wildman–Crippen LogP) is 1.41. The van der Waals surface area contributed by atoms with E-state index in [2.05, 4.69) is 4.72 Å². The molecule has 0 saturated carbocycles. The molecular weight excluding hydrogens is 288 g/mol. The third-order valence-corrected chi connectivity index (χ3v) is 5.13. The van der Waals surface area contributed by atoms with E-state index in [-0.39, 0.29) is 24.3 Å². The van der Waals surface area contributed by atoms with Gasteiger partial charge in [0.15, 0.2) is 0 Å². The van der Waals surface area contributed by atoms with E-state index >= 15 is 0 Å². The van der Waals surface area contributed by atoms with Crippen molar-refractivity contribution in [2.24, 2.45) is 5.73 Å². The normalized spacial score (nSPS) is 20.9. The molecule has 1 rings (SSSR count). The molecule has 0 bridgehead atoms. The summed E-state index contributed by atoms with van der Waals surface area (Å²) in [6, 6.07) is 0. The Kier molecular flexibility index (Phi) is 8.47. The second-order valence-electron chi connectivity index (χ2n) is 5.16. The summed E-state index contributed by atoms with van der Waals surface area (Å²) in [6.45, 7) is 4.92. The molecule has 1 saturated heterocycles. The van der Waals surface area contributed by atoms with Crippen LogP contribution in [0.5, 0.6) is 0 Å². The van der Waals surface area contributed by atoms with Gasteiger partial charge in [0.25, 0.3) is 0 Å². The second kappa shape index (κ2) is 8.42. The van der Waals surface area contributed by atoms with E-state index in [4.69, 9.17) is 10.5 Å². The number of sulfonamides is 1. The Labute approximate surface area is 123 Å². The molecule has 0 aliphatic carbocycles. The molecule has 1 unspecified atom stereocenters. The van der Waals surface area contributed by atoms with Gasteiger partial charge in [-0.2, -0.15) is 0 Å². The highest BCUT2D eigenvalue weighted by Crippen LogP contribution is 2.15. The van der Waals surface area contributed by atoms with Crippen molar-refractivity contribution in [3.63, 3.8) is 0 Å². The third kappa shape index (κ3) is 6.90. The molecule has 0 aromatic rings. The summed E-state index contributed by atoms with van der Waals surface area (Å²) in [6.07, 6.45) is 4.26. The fraction of sp³-hybridized carbons (Fsp3) is 1.00. The number of nitrogens with one attached hydrogen (secondary N) is 1. The minimum Gasteiger partial charge on any atom is -0.377 e. The van der Waals surface area contributed by atoms with Gasteiger partial charge < -0.3 is 10.5 Å². The molecular formula is C12H27ClN2O3S. The largest absolute Gasteiger partial charge is 0.377 e. The molecule has 0 amide bonds. The van der Waals surface area contributed by atoms with E-state index in [9.17, 15) is 8.42 Å². The summed E-state index contributed by atoms with van der Waals surface area (Å²) in [5.74, 6) is 0.0521. The summed E-state index contributed by atoms with van der Waals surface area (Å²) >= 11 is 0. The number of ether oxygens (including phenoxy) is 1. The molecule has 1 heterocycles. The number of halogens is 1. The molecule has 19 heavy (non-hydrogen) atoms. The number of rotatable bonds is 7. The van der Waals surface area contributed by atoms with Gasteiger partial charge in [-0.05, 0) is 32.1 Å². The summed E-state index contributed by atoms with van der Waals surface area (Å²) in [7, 11) is -3.29. The van der Waals surface area contributed by atoms with E-state index in [1.807, 2.05) is 13.8 Å². The lowest BCUT2D eigenvalue weighted by molar-refractivity contribution is 0.0304. The maximum absolute atomic E-state index is 11.9. The topological polar surface area (TPSA) is 81.4 Å². The maximum atomic E-state index is 11.9. The van der Waals surface area contributed by atoms with Crippen LogP contribution in [-0.4, -0.2) is 39.0 Å². The molecule has 1 atom stereocenters. The molecule has 7 heteroatoms. The standard InChI is InChI=1S/C12H26N2O3S.ClH/c1-3-12(13,4-2)10-14-18(15,16)9-11-7-5-6-8-17-11;/h11,14H,3-10,13H2,1-2H3;1H. The fourth-order valence-electron chi connectivity index (χ4n) is 2.00. The van der Waals surface area contributed by atoms with Crippen LogP contribution in [0.4, 0.5) is 0 Å².